The van der Waals surface area contributed by atoms with Crippen molar-refractivity contribution in [2.45, 2.75) is 31.8 Å². The van der Waals surface area contributed by atoms with Crippen molar-refractivity contribution in [1.29, 1.82) is 0 Å². The second kappa shape index (κ2) is 5.62. The van der Waals surface area contributed by atoms with Gasteiger partial charge in [-0.25, -0.2) is 0 Å². The first-order valence-electron chi connectivity index (χ1n) is 5.38. The molecular formula is C11H19N3O. The average molecular weight is 209 g/mol. The zero-order valence-electron chi connectivity index (χ0n) is 9.21. The second-order valence-electron chi connectivity index (χ2n) is 3.83. The van der Waals surface area contributed by atoms with E-state index in [1.165, 1.54) is 0 Å². The van der Waals surface area contributed by atoms with E-state index in [1.807, 2.05) is 6.92 Å². The minimum atomic E-state index is -0.571. The first-order chi connectivity index (χ1) is 7.20. The van der Waals surface area contributed by atoms with Crippen LogP contribution in [0, 0.1) is 12.3 Å². The molecule has 0 aliphatic heterocycles. The van der Waals surface area contributed by atoms with Crippen LogP contribution < -0.4 is 10.6 Å². The van der Waals surface area contributed by atoms with Crippen LogP contribution in [-0.4, -0.2) is 36.3 Å². The van der Waals surface area contributed by atoms with Crippen LogP contribution in [0.3, 0.4) is 0 Å². The summed E-state index contributed by atoms with van der Waals surface area (Å²) >= 11 is 0. The monoisotopic (exact) mass is 209 g/mol. The molecule has 0 bridgehead atoms. The minimum Gasteiger partial charge on any atom is -0.388 e. The highest BCUT2D eigenvalue weighted by Crippen LogP contribution is 2.31. The smallest absolute Gasteiger partial charge is 0.192 e. The predicted octanol–water partition coefficient (Wildman–Crippen LogP) is 0.0897. The van der Waals surface area contributed by atoms with E-state index in [-0.39, 0.29) is 0 Å². The lowest BCUT2D eigenvalue weighted by Crippen LogP contribution is -2.43. The van der Waals surface area contributed by atoms with Crippen LogP contribution in [0.4, 0.5) is 0 Å². The molecule has 1 aliphatic rings. The largest absolute Gasteiger partial charge is 0.388 e. The molecule has 3 N–H and O–H groups in total. The fraction of sp³-hybridized carbons (Fsp3) is 0.727. The molecule has 0 unspecified atom stereocenters. The van der Waals surface area contributed by atoms with Crippen molar-refractivity contribution >= 4 is 5.96 Å². The van der Waals surface area contributed by atoms with Gasteiger partial charge in [0.1, 0.15) is 0 Å². The second-order valence-corrected chi connectivity index (χ2v) is 3.83. The summed E-state index contributed by atoms with van der Waals surface area (Å²) in [4.78, 5) is 4.29. The summed E-state index contributed by atoms with van der Waals surface area (Å²) < 4.78 is 0. The Hall–Kier alpha value is -1.21. The molecule has 0 saturated heterocycles. The summed E-state index contributed by atoms with van der Waals surface area (Å²) in [5, 5.41) is 15.9. The normalized spacial score (nSPS) is 18.9. The lowest BCUT2D eigenvalue weighted by atomic mass is 9.80. The Morgan fingerprint density at radius 3 is 2.73 bits per heavy atom. The number of nitrogens with one attached hydrogen (secondary N) is 2. The van der Waals surface area contributed by atoms with E-state index in [2.05, 4.69) is 21.5 Å². The Labute approximate surface area is 91.2 Å². The van der Waals surface area contributed by atoms with Crippen LogP contribution in [0.2, 0.25) is 0 Å². The Kier molecular flexibility index (Phi) is 4.44. The molecule has 0 aromatic carbocycles. The van der Waals surface area contributed by atoms with Gasteiger partial charge in [-0.15, -0.1) is 6.42 Å². The van der Waals surface area contributed by atoms with Gasteiger partial charge in [0.2, 0.25) is 0 Å². The molecule has 1 rings (SSSR count). The lowest BCUT2D eigenvalue weighted by Gasteiger charge is -2.35. The van der Waals surface area contributed by atoms with Crippen molar-refractivity contribution < 1.29 is 5.11 Å². The molecule has 0 spiro atoms. The van der Waals surface area contributed by atoms with Crippen LogP contribution >= 0.6 is 0 Å². The van der Waals surface area contributed by atoms with E-state index in [4.69, 9.17) is 6.42 Å². The van der Waals surface area contributed by atoms with Gasteiger partial charge >= 0.3 is 0 Å². The standard InChI is InChI=1S/C11H19N3O/c1-3-8-13-10(12-4-2)14-9-11(15)6-5-7-11/h1,15H,4-9H2,2H3,(H2,12,13,14). The molecule has 0 atom stereocenters. The highest BCUT2D eigenvalue weighted by molar-refractivity contribution is 5.80. The summed E-state index contributed by atoms with van der Waals surface area (Å²) in [7, 11) is 0. The van der Waals surface area contributed by atoms with Crippen molar-refractivity contribution in [2.24, 2.45) is 4.99 Å². The van der Waals surface area contributed by atoms with Gasteiger partial charge in [-0.05, 0) is 26.2 Å². The number of terminal acetylenes is 1. The molecule has 0 aromatic rings. The molecule has 0 aromatic heterocycles. The van der Waals surface area contributed by atoms with Crippen molar-refractivity contribution in [1.82, 2.24) is 10.6 Å². The van der Waals surface area contributed by atoms with E-state index in [0.717, 1.165) is 25.8 Å². The molecule has 4 nitrogen and oxygen atoms in total. The van der Waals surface area contributed by atoms with Crippen LogP contribution in [0.25, 0.3) is 0 Å². The van der Waals surface area contributed by atoms with Gasteiger partial charge in [-0.3, -0.25) is 4.99 Å². The van der Waals surface area contributed by atoms with Gasteiger partial charge in [0.05, 0.1) is 18.7 Å². The van der Waals surface area contributed by atoms with Gasteiger partial charge < -0.3 is 15.7 Å². The van der Waals surface area contributed by atoms with E-state index < -0.39 is 5.60 Å². The van der Waals surface area contributed by atoms with Crippen LogP contribution in [0.15, 0.2) is 4.99 Å². The quantitative estimate of drug-likeness (QED) is 0.349. The lowest BCUT2D eigenvalue weighted by molar-refractivity contribution is -0.0236. The topological polar surface area (TPSA) is 56.7 Å². The van der Waals surface area contributed by atoms with Crippen molar-refractivity contribution in [2.75, 3.05) is 19.6 Å². The molecule has 0 radical (unpaired) electrons. The SMILES string of the molecule is C#CCNC(=NCC1(O)CCC1)NCC. The molecular weight excluding hydrogens is 190 g/mol. The van der Waals surface area contributed by atoms with E-state index in [9.17, 15) is 5.11 Å². The fourth-order valence-electron chi connectivity index (χ4n) is 1.45. The fourth-order valence-corrected chi connectivity index (χ4v) is 1.45. The van der Waals surface area contributed by atoms with Gasteiger partial charge in [0.25, 0.3) is 0 Å². The highest BCUT2D eigenvalue weighted by Gasteiger charge is 2.33. The molecule has 1 aliphatic carbocycles. The molecule has 4 heteroatoms. The number of nitrogens with zero attached hydrogens (tertiary/aromatic N) is 1. The number of hydrogen-bond donors (Lipinski definition) is 3. The zero-order valence-corrected chi connectivity index (χ0v) is 9.21. The van der Waals surface area contributed by atoms with Gasteiger partial charge in [0.15, 0.2) is 5.96 Å². The Balaban J connectivity index is 2.39. The zero-order chi connectivity index (χ0) is 11.1. The highest BCUT2D eigenvalue weighted by atomic mass is 16.3. The average Bonchev–Trinajstić information content (AvgIpc) is 2.19. The number of hydrogen-bond acceptors (Lipinski definition) is 2. The summed E-state index contributed by atoms with van der Waals surface area (Å²) in [6.45, 7) is 3.68. The third kappa shape index (κ3) is 3.80. The molecule has 1 saturated carbocycles. The molecule has 15 heavy (non-hydrogen) atoms. The molecule has 0 heterocycles. The first-order valence-corrected chi connectivity index (χ1v) is 5.38. The minimum absolute atomic E-state index is 0.449. The Morgan fingerprint density at radius 2 is 2.27 bits per heavy atom. The third-order valence-corrected chi connectivity index (χ3v) is 2.52. The molecule has 84 valence electrons. The van der Waals surface area contributed by atoms with E-state index in [1.54, 1.807) is 0 Å². The van der Waals surface area contributed by atoms with Crippen molar-refractivity contribution in [3.05, 3.63) is 0 Å². The maximum absolute atomic E-state index is 9.85. The van der Waals surface area contributed by atoms with Crippen LogP contribution in [-0.2, 0) is 0 Å². The summed E-state index contributed by atoms with van der Waals surface area (Å²) in [6.07, 6.45) is 7.95. The summed E-state index contributed by atoms with van der Waals surface area (Å²) in [5.41, 5.74) is -0.571. The predicted molar refractivity (Wildman–Crippen MR) is 61.6 cm³/mol. The van der Waals surface area contributed by atoms with Crippen LogP contribution in [0.1, 0.15) is 26.2 Å². The summed E-state index contributed by atoms with van der Waals surface area (Å²) in [5.74, 6) is 3.16. The van der Waals surface area contributed by atoms with E-state index in [0.29, 0.717) is 19.0 Å². The van der Waals surface area contributed by atoms with E-state index >= 15 is 0 Å². The van der Waals surface area contributed by atoms with Crippen molar-refractivity contribution in [3.8, 4) is 12.3 Å². The number of rotatable bonds is 4. The maximum atomic E-state index is 9.85. The number of aliphatic hydroxyl groups is 1. The van der Waals surface area contributed by atoms with Gasteiger partial charge in [-0.2, -0.15) is 0 Å². The summed E-state index contributed by atoms with van der Waals surface area (Å²) in [6, 6.07) is 0. The Morgan fingerprint density at radius 1 is 1.53 bits per heavy atom. The first kappa shape index (κ1) is 11.9. The van der Waals surface area contributed by atoms with Crippen molar-refractivity contribution in [3.63, 3.8) is 0 Å². The molecule has 0 amide bonds. The molecule has 1 fully saturated rings. The number of aliphatic imine (C=N–C) groups is 1. The van der Waals surface area contributed by atoms with Gasteiger partial charge in [-0.1, -0.05) is 5.92 Å². The van der Waals surface area contributed by atoms with Crippen LogP contribution in [0.5, 0.6) is 0 Å². The third-order valence-electron chi connectivity index (χ3n) is 2.52. The Bertz CT molecular complexity index is 263. The number of guanidine groups is 1. The van der Waals surface area contributed by atoms with Gasteiger partial charge in [0, 0.05) is 6.54 Å². The maximum Gasteiger partial charge on any atom is 0.192 e.